The molecule has 1 saturated heterocycles. The molecule has 2 aromatic rings. The van der Waals surface area contributed by atoms with Crippen LogP contribution in [0, 0.1) is 0 Å². The number of aromatic hydroxyl groups is 1. The molecule has 0 radical (unpaired) electrons. The Bertz CT molecular complexity index is 1160. The number of ether oxygens (including phenoxy) is 3. The highest BCUT2D eigenvalue weighted by molar-refractivity contribution is 6.33. The highest BCUT2D eigenvalue weighted by atomic mass is 35.5. The molecule has 1 aliphatic heterocycles. The van der Waals surface area contributed by atoms with Crippen molar-refractivity contribution in [2.75, 3.05) is 19.8 Å². The van der Waals surface area contributed by atoms with E-state index in [2.05, 4.69) is 5.32 Å². The molecule has 4 amide bonds. The quantitative estimate of drug-likeness (QED) is 0.368. The van der Waals surface area contributed by atoms with Crippen molar-refractivity contribution >= 4 is 35.5 Å². The van der Waals surface area contributed by atoms with Crippen molar-refractivity contribution in [1.82, 2.24) is 10.2 Å². The van der Waals surface area contributed by atoms with Gasteiger partial charge in [0.1, 0.15) is 5.57 Å². The van der Waals surface area contributed by atoms with E-state index in [-0.39, 0.29) is 35.2 Å². The van der Waals surface area contributed by atoms with Crippen molar-refractivity contribution in [3.63, 3.8) is 0 Å². The number of barbiturate groups is 1. The molecule has 3 rings (SSSR count). The monoisotopic (exact) mass is 502 g/mol. The summed E-state index contributed by atoms with van der Waals surface area (Å²) in [5.74, 6) is -0.683. The second-order valence-electron chi connectivity index (χ2n) is 7.55. The fourth-order valence-electron chi connectivity index (χ4n) is 3.38. The minimum absolute atomic E-state index is 0.00626. The Kier molecular flexibility index (Phi) is 8.59. The van der Waals surface area contributed by atoms with Crippen LogP contribution >= 0.6 is 11.6 Å². The third-order valence-corrected chi connectivity index (χ3v) is 5.25. The van der Waals surface area contributed by atoms with Crippen molar-refractivity contribution in [3.8, 4) is 23.0 Å². The van der Waals surface area contributed by atoms with E-state index in [4.69, 9.17) is 25.8 Å². The first-order valence-corrected chi connectivity index (χ1v) is 11.6. The van der Waals surface area contributed by atoms with E-state index in [1.165, 1.54) is 18.2 Å². The number of hydrogen-bond donors (Lipinski definition) is 2. The predicted octanol–water partition coefficient (Wildman–Crippen LogP) is 4.29. The van der Waals surface area contributed by atoms with Gasteiger partial charge < -0.3 is 19.3 Å². The summed E-state index contributed by atoms with van der Waals surface area (Å²) in [5, 5.41) is 12.2. The summed E-state index contributed by atoms with van der Waals surface area (Å²) < 4.78 is 16.7. The second-order valence-corrected chi connectivity index (χ2v) is 7.96. The number of imide groups is 2. The number of urea groups is 1. The Morgan fingerprint density at radius 2 is 1.69 bits per heavy atom. The molecule has 0 saturated carbocycles. The van der Waals surface area contributed by atoms with Crippen molar-refractivity contribution in [3.05, 3.63) is 52.1 Å². The molecule has 0 atom stereocenters. The molecule has 0 bridgehead atoms. The smallest absolute Gasteiger partial charge is 0.331 e. The maximum atomic E-state index is 13.1. The number of phenols is 1. The number of rotatable bonds is 10. The minimum Gasteiger partial charge on any atom is -0.503 e. The molecular formula is C25H27ClN2O7. The lowest BCUT2D eigenvalue weighted by atomic mass is 10.1. The highest BCUT2D eigenvalue weighted by Gasteiger charge is 2.36. The molecular weight excluding hydrogens is 476 g/mol. The Labute approximate surface area is 208 Å². The number of phenolic OH excluding ortho intramolecular Hbond substituents is 1. The molecule has 1 fully saturated rings. The van der Waals surface area contributed by atoms with E-state index in [1.54, 1.807) is 25.1 Å². The van der Waals surface area contributed by atoms with E-state index in [0.29, 0.717) is 35.8 Å². The average molecular weight is 503 g/mol. The molecule has 0 aliphatic carbocycles. The Morgan fingerprint density at radius 1 is 0.971 bits per heavy atom. The van der Waals surface area contributed by atoms with Gasteiger partial charge in [0.25, 0.3) is 11.8 Å². The molecule has 2 N–H and O–H groups in total. The van der Waals surface area contributed by atoms with Crippen molar-refractivity contribution < 1.29 is 33.7 Å². The van der Waals surface area contributed by atoms with Gasteiger partial charge in [0.2, 0.25) is 0 Å². The summed E-state index contributed by atoms with van der Waals surface area (Å²) in [4.78, 5) is 39.0. The van der Waals surface area contributed by atoms with E-state index >= 15 is 0 Å². The number of halogens is 1. The molecule has 10 heteroatoms. The zero-order chi connectivity index (χ0) is 25.5. The number of carbonyl (C=O) groups excluding carboxylic acids is 3. The minimum atomic E-state index is -0.836. The molecule has 1 aliphatic rings. The third kappa shape index (κ3) is 6.05. The van der Waals surface area contributed by atoms with Crippen LogP contribution < -0.4 is 19.5 Å². The molecule has 0 spiro atoms. The summed E-state index contributed by atoms with van der Waals surface area (Å²) in [5.41, 5.74) is 0.697. The van der Waals surface area contributed by atoms with Crippen LogP contribution in [0.3, 0.4) is 0 Å². The average Bonchev–Trinajstić information content (AvgIpc) is 2.82. The van der Waals surface area contributed by atoms with Gasteiger partial charge in [0.05, 0.1) is 31.4 Å². The maximum absolute atomic E-state index is 13.1. The van der Waals surface area contributed by atoms with Crippen LogP contribution in [-0.2, 0) is 16.1 Å². The second kappa shape index (κ2) is 11.6. The summed E-state index contributed by atoms with van der Waals surface area (Å²) in [6.07, 6.45) is 2.12. The first kappa shape index (κ1) is 25.9. The van der Waals surface area contributed by atoms with Crippen molar-refractivity contribution in [2.24, 2.45) is 0 Å². The summed E-state index contributed by atoms with van der Waals surface area (Å²) in [6.45, 7) is 6.68. The largest absolute Gasteiger partial charge is 0.503 e. The van der Waals surface area contributed by atoms with E-state index in [1.807, 2.05) is 13.8 Å². The van der Waals surface area contributed by atoms with Gasteiger partial charge in [-0.05, 0) is 61.7 Å². The zero-order valence-corrected chi connectivity index (χ0v) is 20.5. The first-order chi connectivity index (χ1) is 16.8. The fourth-order valence-corrected chi connectivity index (χ4v) is 3.60. The first-order valence-electron chi connectivity index (χ1n) is 11.2. The maximum Gasteiger partial charge on any atom is 0.331 e. The van der Waals surface area contributed by atoms with Gasteiger partial charge in [-0.2, -0.15) is 0 Å². The van der Waals surface area contributed by atoms with Crippen LogP contribution in [0.2, 0.25) is 5.02 Å². The lowest BCUT2D eigenvalue weighted by Crippen LogP contribution is -2.53. The zero-order valence-electron chi connectivity index (χ0n) is 19.7. The molecule has 0 aromatic heterocycles. The third-order valence-electron chi connectivity index (χ3n) is 4.96. The van der Waals surface area contributed by atoms with E-state index in [0.717, 1.165) is 11.3 Å². The normalized spacial score (nSPS) is 14.8. The van der Waals surface area contributed by atoms with Gasteiger partial charge in [-0.15, -0.1) is 0 Å². The van der Waals surface area contributed by atoms with Gasteiger partial charge in [-0.25, -0.2) is 4.79 Å². The van der Waals surface area contributed by atoms with Gasteiger partial charge >= 0.3 is 6.03 Å². The summed E-state index contributed by atoms with van der Waals surface area (Å²) >= 11 is 6.06. The fraction of sp³-hybridized carbons (Fsp3) is 0.320. The standard InChI is InChI=1S/C25H27ClN2O7/c1-4-9-35-19-8-7-15(12-20(19)33-5-2)14-28-24(31)17(23(30)27-25(28)32)10-16-11-18(26)22(29)21(13-16)34-6-3/h7-8,10-13,29H,4-6,9,14H2,1-3H3,(H,27,30,32)/b17-10+. The lowest BCUT2D eigenvalue weighted by molar-refractivity contribution is -0.130. The van der Waals surface area contributed by atoms with Crippen LogP contribution in [0.1, 0.15) is 38.3 Å². The molecule has 1 heterocycles. The van der Waals surface area contributed by atoms with Gasteiger partial charge in [0.15, 0.2) is 23.0 Å². The number of carbonyl (C=O) groups is 3. The van der Waals surface area contributed by atoms with Crippen LogP contribution in [0.4, 0.5) is 4.79 Å². The van der Waals surface area contributed by atoms with Gasteiger partial charge in [-0.3, -0.25) is 19.8 Å². The van der Waals surface area contributed by atoms with Crippen molar-refractivity contribution in [1.29, 1.82) is 0 Å². The van der Waals surface area contributed by atoms with Crippen LogP contribution in [-0.4, -0.2) is 47.7 Å². The summed E-state index contributed by atoms with van der Waals surface area (Å²) in [7, 11) is 0. The SMILES string of the molecule is CCCOc1ccc(CN2C(=O)NC(=O)/C(=C\c3cc(Cl)c(O)c(OCC)c3)C2=O)cc1OCC. The number of amides is 4. The Morgan fingerprint density at radius 3 is 2.37 bits per heavy atom. The molecule has 0 unspecified atom stereocenters. The van der Waals surface area contributed by atoms with E-state index in [9.17, 15) is 19.5 Å². The summed E-state index contributed by atoms with van der Waals surface area (Å²) in [6, 6.07) is 7.14. The van der Waals surface area contributed by atoms with Crippen LogP contribution in [0.15, 0.2) is 35.9 Å². The Hall–Kier alpha value is -3.72. The lowest BCUT2D eigenvalue weighted by Gasteiger charge is -2.26. The number of benzene rings is 2. The molecule has 9 nitrogen and oxygen atoms in total. The number of nitrogens with zero attached hydrogens (tertiary/aromatic N) is 1. The topological polar surface area (TPSA) is 114 Å². The Balaban J connectivity index is 1.90. The van der Waals surface area contributed by atoms with Crippen LogP contribution in [0.5, 0.6) is 23.0 Å². The van der Waals surface area contributed by atoms with Gasteiger partial charge in [0, 0.05) is 0 Å². The highest BCUT2D eigenvalue weighted by Crippen LogP contribution is 2.36. The number of nitrogens with one attached hydrogen (secondary N) is 1. The number of hydrogen-bond acceptors (Lipinski definition) is 7. The van der Waals surface area contributed by atoms with Crippen molar-refractivity contribution in [2.45, 2.75) is 33.7 Å². The molecule has 2 aromatic carbocycles. The predicted molar refractivity (Wildman–Crippen MR) is 130 cm³/mol. The van der Waals surface area contributed by atoms with Crippen LogP contribution in [0.25, 0.3) is 6.08 Å². The van der Waals surface area contributed by atoms with E-state index < -0.39 is 17.8 Å². The molecule has 186 valence electrons. The molecule has 35 heavy (non-hydrogen) atoms. The van der Waals surface area contributed by atoms with Gasteiger partial charge in [-0.1, -0.05) is 24.6 Å².